The predicted molar refractivity (Wildman–Crippen MR) is 41.9 cm³/mol. The van der Waals surface area contributed by atoms with Crippen LogP contribution in [0.2, 0.25) is 0 Å². The van der Waals surface area contributed by atoms with Crippen molar-refractivity contribution in [2.24, 2.45) is 0 Å². The van der Waals surface area contributed by atoms with E-state index in [2.05, 4.69) is 0 Å². The van der Waals surface area contributed by atoms with Crippen LogP contribution in [0.4, 0.5) is 0 Å². The van der Waals surface area contributed by atoms with E-state index in [1.54, 1.807) is 12.1 Å². The van der Waals surface area contributed by atoms with Crippen molar-refractivity contribution in [3.63, 3.8) is 0 Å². The summed E-state index contributed by atoms with van der Waals surface area (Å²) >= 11 is 0. The second-order valence-electron chi connectivity index (χ2n) is 2.65. The highest BCUT2D eigenvalue weighted by Gasteiger charge is 2.26. The Hall–Kier alpha value is -1.82. The van der Waals surface area contributed by atoms with Crippen molar-refractivity contribution < 1.29 is 4.79 Å². The molecule has 0 atom stereocenters. The van der Waals surface area contributed by atoms with Gasteiger partial charge in [-0.1, -0.05) is 18.2 Å². The number of benzene rings is 1. The van der Waals surface area contributed by atoms with Gasteiger partial charge in [-0.2, -0.15) is 5.26 Å². The van der Waals surface area contributed by atoms with Gasteiger partial charge in [0.2, 0.25) is 0 Å². The Bertz CT molecular complexity index is 378. The monoisotopic (exact) mass is 158 g/mol. The maximum absolute atomic E-state index is 11.3. The first-order valence-corrected chi connectivity index (χ1v) is 3.62. The molecule has 1 aliphatic heterocycles. The molecule has 0 aliphatic carbocycles. The van der Waals surface area contributed by atoms with E-state index in [0.717, 1.165) is 10.5 Å². The number of amides is 1. The van der Waals surface area contributed by atoms with E-state index in [1.807, 2.05) is 18.3 Å². The van der Waals surface area contributed by atoms with E-state index in [9.17, 15) is 4.79 Å². The lowest BCUT2D eigenvalue weighted by atomic mass is 10.1. The third-order valence-electron chi connectivity index (χ3n) is 1.94. The van der Waals surface area contributed by atoms with E-state index < -0.39 is 0 Å². The smallest absolute Gasteiger partial charge is 0.267 e. The number of nitrogens with zero attached hydrogens (tertiary/aromatic N) is 2. The van der Waals surface area contributed by atoms with Gasteiger partial charge in [-0.25, -0.2) is 4.90 Å². The zero-order valence-corrected chi connectivity index (χ0v) is 6.32. The van der Waals surface area contributed by atoms with Crippen LogP contribution in [-0.4, -0.2) is 10.8 Å². The molecule has 12 heavy (non-hydrogen) atoms. The molecule has 0 saturated carbocycles. The molecule has 0 aromatic heterocycles. The summed E-state index contributed by atoms with van der Waals surface area (Å²) in [5, 5.41) is 8.56. The molecule has 1 aromatic rings. The minimum atomic E-state index is -0.187. The van der Waals surface area contributed by atoms with Crippen LogP contribution in [0.5, 0.6) is 0 Å². The van der Waals surface area contributed by atoms with Gasteiger partial charge in [0, 0.05) is 5.56 Å². The van der Waals surface area contributed by atoms with Gasteiger partial charge < -0.3 is 0 Å². The molecule has 0 unspecified atom stereocenters. The van der Waals surface area contributed by atoms with Crippen LogP contribution < -0.4 is 0 Å². The van der Waals surface area contributed by atoms with Crippen molar-refractivity contribution in [1.82, 2.24) is 4.90 Å². The van der Waals surface area contributed by atoms with Gasteiger partial charge in [0.1, 0.15) is 0 Å². The largest absolute Gasteiger partial charge is 0.268 e. The molecule has 58 valence electrons. The molecule has 0 fully saturated rings. The quantitative estimate of drug-likeness (QED) is 0.531. The molecule has 0 N–H and O–H groups in total. The summed E-state index contributed by atoms with van der Waals surface area (Å²) in [6, 6.07) is 7.28. The van der Waals surface area contributed by atoms with Crippen molar-refractivity contribution >= 4 is 5.91 Å². The SMILES string of the molecule is N#CN1Cc2ccccc2C1=O. The Morgan fingerprint density at radius 1 is 1.42 bits per heavy atom. The molecule has 0 saturated heterocycles. The number of rotatable bonds is 0. The summed E-state index contributed by atoms with van der Waals surface area (Å²) in [6.07, 6.45) is 1.84. The Balaban J connectivity index is 2.51. The molecule has 0 bridgehead atoms. The van der Waals surface area contributed by atoms with Crippen LogP contribution in [0.1, 0.15) is 15.9 Å². The summed E-state index contributed by atoms with van der Waals surface area (Å²) in [5.41, 5.74) is 1.59. The zero-order chi connectivity index (χ0) is 8.55. The van der Waals surface area contributed by atoms with Crippen LogP contribution in [-0.2, 0) is 6.54 Å². The van der Waals surface area contributed by atoms with Gasteiger partial charge in [-0.3, -0.25) is 4.79 Å². The Kier molecular flexibility index (Phi) is 1.34. The first kappa shape index (κ1) is 6.86. The molecule has 3 heteroatoms. The standard InChI is InChI=1S/C9H6N2O/c10-6-11-5-7-3-1-2-4-8(7)9(11)12/h1-4H,5H2. The van der Waals surface area contributed by atoms with Gasteiger partial charge >= 0.3 is 0 Å². The van der Waals surface area contributed by atoms with Crippen LogP contribution in [0.25, 0.3) is 0 Å². The fourth-order valence-corrected chi connectivity index (χ4v) is 1.34. The molecular weight excluding hydrogens is 152 g/mol. The number of fused-ring (bicyclic) bond motifs is 1. The topological polar surface area (TPSA) is 44.1 Å². The summed E-state index contributed by atoms with van der Waals surface area (Å²) in [7, 11) is 0. The number of carbonyl (C=O) groups excluding carboxylic acids is 1. The fraction of sp³-hybridized carbons (Fsp3) is 0.111. The average Bonchev–Trinajstić information content (AvgIpc) is 2.44. The van der Waals surface area contributed by atoms with E-state index >= 15 is 0 Å². The maximum Gasteiger partial charge on any atom is 0.267 e. The normalized spacial score (nSPS) is 14.2. The summed E-state index contributed by atoms with van der Waals surface area (Å²) in [6.45, 7) is 0.422. The van der Waals surface area contributed by atoms with Gasteiger partial charge in [-0.05, 0) is 11.6 Å². The lowest BCUT2D eigenvalue weighted by Gasteiger charge is -1.99. The summed E-state index contributed by atoms with van der Waals surface area (Å²) in [4.78, 5) is 12.5. The fourth-order valence-electron chi connectivity index (χ4n) is 1.34. The van der Waals surface area contributed by atoms with Crippen molar-refractivity contribution in [2.45, 2.75) is 6.54 Å². The maximum atomic E-state index is 11.3. The molecule has 2 rings (SSSR count). The molecule has 1 aromatic carbocycles. The Morgan fingerprint density at radius 3 is 2.83 bits per heavy atom. The van der Waals surface area contributed by atoms with Crippen LogP contribution >= 0.6 is 0 Å². The average molecular weight is 158 g/mol. The second kappa shape index (κ2) is 2.35. The molecule has 3 nitrogen and oxygen atoms in total. The first-order chi connectivity index (χ1) is 5.83. The molecular formula is C9H6N2O. The lowest BCUT2D eigenvalue weighted by molar-refractivity contribution is 0.0852. The van der Waals surface area contributed by atoms with E-state index in [-0.39, 0.29) is 5.91 Å². The molecule has 1 aliphatic rings. The third kappa shape index (κ3) is 0.785. The lowest BCUT2D eigenvalue weighted by Crippen LogP contribution is -2.16. The molecule has 0 spiro atoms. The van der Waals surface area contributed by atoms with Gasteiger partial charge in [0.05, 0.1) is 6.54 Å². The van der Waals surface area contributed by atoms with E-state index in [1.165, 1.54) is 0 Å². The number of hydrogen-bond donors (Lipinski definition) is 0. The van der Waals surface area contributed by atoms with Crippen LogP contribution in [0.3, 0.4) is 0 Å². The summed E-state index contributed by atoms with van der Waals surface area (Å²) in [5.74, 6) is -0.187. The highest BCUT2D eigenvalue weighted by molar-refractivity contribution is 5.99. The Labute approximate surface area is 69.8 Å². The second-order valence-corrected chi connectivity index (χ2v) is 2.65. The van der Waals surface area contributed by atoms with Crippen molar-refractivity contribution in [3.8, 4) is 6.19 Å². The Morgan fingerprint density at radius 2 is 2.17 bits per heavy atom. The van der Waals surface area contributed by atoms with Gasteiger partial charge in [-0.15, -0.1) is 0 Å². The van der Waals surface area contributed by atoms with Crippen LogP contribution in [0, 0.1) is 11.5 Å². The zero-order valence-electron chi connectivity index (χ0n) is 6.32. The highest BCUT2D eigenvalue weighted by atomic mass is 16.2. The first-order valence-electron chi connectivity index (χ1n) is 3.62. The van der Waals surface area contributed by atoms with Gasteiger partial charge in [0.15, 0.2) is 6.19 Å². The molecule has 1 heterocycles. The minimum Gasteiger partial charge on any atom is -0.268 e. The van der Waals surface area contributed by atoms with Gasteiger partial charge in [0.25, 0.3) is 5.91 Å². The van der Waals surface area contributed by atoms with Crippen LogP contribution in [0.15, 0.2) is 24.3 Å². The number of carbonyl (C=O) groups is 1. The minimum absolute atomic E-state index is 0.187. The van der Waals surface area contributed by atoms with Crippen molar-refractivity contribution in [2.75, 3.05) is 0 Å². The number of nitriles is 1. The van der Waals surface area contributed by atoms with E-state index in [4.69, 9.17) is 5.26 Å². The molecule has 1 amide bonds. The highest BCUT2D eigenvalue weighted by Crippen LogP contribution is 2.20. The van der Waals surface area contributed by atoms with Crippen molar-refractivity contribution in [3.05, 3.63) is 35.4 Å². The third-order valence-corrected chi connectivity index (χ3v) is 1.94. The number of hydrogen-bond acceptors (Lipinski definition) is 2. The summed E-state index contributed by atoms with van der Waals surface area (Å²) < 4.78 is 0. The molecule has 0 radical (unpaired) electrons. The van der Waals surface area contributed by atoms with Crippen molar-refractivity contribution in [1.29, 1.82) is 5.26 Å². The predicted octanol–water partition coefficient (Wildman–Crippen LogP) is 1.12. The van der Waals surface area contributed by atoms with E-state index in [0.29, 0.717) is 12.1 Å².